The molecule has 18 heteroatoms. The molecule has 0 saturated carbocycles. The molecule has 5 aromatic rings. The molecule has 0 bridgehead atoms. The summed E-state index contributed by atoms with van der Waals surface area (Å²) in [6.07, 6.45) is 3.34. The minimum Gasteiger partial charge on any atom is -0.388 e. The van der Waals surface area contributed by atoms with Gasteiger partial charge in [0, 0.05) is 85.3 Å². The molecule has 0 spiro atoms. The zero-order valence-electron chi connectivity index (χ0n) is 31.6. The number of fused-ring (bicyclic) bond motifs is 2. The number of ether oxygens (including phenoxy) is 2. The van der Waals surface area contributed by atoms with Crippen molar-refractivity contribution in [2.75, 3.05) is 50.1 Å². The van der Waals surface area contributed by atoms with Crippen LogP contribution in [0.4, 0.5) is 34.6 Å². The lowest BCUT2D eigenvalue weighted by Crippen LogP contribution is -2.26. The van der Waals surface area contributed by atoms with E-state index in [2.05, 4.69) is 15.3 Å². The van der Waals surface area contributed by atoms with Gasteiger partial charge in [-0.3, -0.25) is 14.4 Å². The monoisotopic (exact) mass is 803 g/mol. The number of halogens is 4. The highest BCUT2D eigenvalue weighted by Crippen LogP contribution is 2.35. The summed E-state index contributed by atoms with van der Waals surface area (Å²) in [7, 11) is -0.917. The van der Waals surface area contributed by atoms with Crippen molar-refractivity contribution in [3.05, 3.63) is 82.4 Å². The number of anilines is 2. The van der Waals surface area contributed by atoms with Gasteiger partial charge in [0.15, 0.2) is 11.6 Å². The van der Waals surface area contributed by atoms with Crippen molar-refractivity contribution in [1.82, 2.24) is 19.1 Å². The van der Waals surface area contributed by atoms with Crippen LogP contribution in [0.5, 0.6) is 0 Å². The molecule has 0 amide bonds. The minimum absolute atomic E-state index is 0.133. The first-order valence-electron chi connectivity index (χ1n) is 18.3. The van der Waals surface area contributed by atoms with Gasteiger partial charge in [-0.2, -0.15) is 17.6 Å². The van der Waals surface area contributed by atoms with E-state index in [9.17, 15) is 36.1 Å². The van der Waals surface area contributed by atoms with Crippen LogP contribution in [0.3, 0.4) is 0 Å². The lowest BCUT2D eigenvalue weighted by molar-refractivity contribution is -0.384. The molecule has 4 heterocycles. The number of hydrogen-bond acceptors (Lipinski definition) is 9. The van der Waals surface area contributed by atoms with Crippen molar-refractivity contribution >= 4 is 49.2 Å². The van der Waals surface area contributed by atoms with E-state index in [0.717, 1.165) is 79.3 Å². The average molecular weight is 804 g/mol. The molecular weight excluding hydrogens is 759 g/mol. The number of nitro benzene ring substituents is 1. The van der Waals surface area contributed by atoms with E-state index in [1.807, 2.05) is 18.2 Å². The summed E-state index contributed by atoms with van der Waals surface area (Å²) in [6, 6.07) is 14.7. The predicted molar refractivity (Wildman–Crippen MR) is 204 cm³/mol. The topological polar surface area (TPSA) is 147 Å². The molecule has 0 atom stereocenters. The third-order valence-electron chi connectivity index (χ3n) is 10.2. The fourth-order valence-electron chi connectivity index (χ4n) is 7.05. The normalized spacial score (nSPS) is 16.1. The van der Waals surface area contributed by atoms with E-state index >= 15 is 0 Å². The first-order valence-corrected chi connectivity index (χ1v) is 19.7. The van der Waals surface area contributed by atoms with Gasteiger partial charge >= 0.3 is 11.8 Å². The molecule has 2 aliphatic rings. The number of aromatic nitrogens is 4. The molecule has 0 aliphatic carbocycles. The van der Waals surface area contributed by atoms with Crippen LogP contribution < -0.4 is 9.62 Å². The summed E-state index contributed by atoms with van der Waals surface area (Å²) < 4.78 is 97.7. The van der Waals surface area contributed by atoms with Crippen LogP contribution in [-0.4, -0.2) is 73.0 Å². The highest BCUT2D eigenvalue weighted by molar-refractivity contribution is 7.92. The van der Waals surface area contributed by atoms with Crippen LogP contribution >= 0.6 is 0 Å². The zero-order chi connectivity index (χ0) is 40.4. The second-order valence-corrected chi connectivity index (χ2v) is 16.3. The molecule has 56 heavy (non-hydrogen) atoms. The van der Waals surface area contributed by atoms with Gasteiger partial charge in [0.1, 0.15) is 0 Å². The van der Waals surface area contributed by atoms with E-state index in [4.69, 9.17) is 9.47 Å². The Hall–Kier alpha value is -4.81. The number of imidazole rings is 2. The standard InChI is InChI=1S/C22H24F2N4O5S.C16H21F2N3O/c1-22(23,24)21-25-19-13-17(5-8-20(19)27(21)14-15-9-11-33-12-10-15)26(2)34(31,32)18-6-3-16(4-7-18)28(29)30;1-16(17,18)15-20-13-9-12(19-2)3-4-14(13)21(15)10-11-5-7-22-8-6-11/h3-8,13,15H,9-12,14H2,1-2H3;3-4,9,11,19H,5-8,10H2,1-2H3. The van der Waals surface area contributed by atoms with Crippen LogP contribution in [-0.2, 0) is 44.4 Å². The largest absolute Gasteiger partial charge is 0.388 e. The Kier molecular flexibility index (Phi) is 11.9. The van der Waals surface area contributed by atoms with Crippen LogP contribution in [0, 0.1) is 22.0 Å². The summed E-state index contributed by atoms with van der Waals surface area (Å²) in [5.41, 5.74) is 2.99. The number of nitrogens with one attached hydrogen (secondary N) is 1. The van der Waals surface area contributed by atoms with Crippen molar-refractivity contribution < 1.29 is 40.4 Å². The number of rotatable bonds is 11. The van der Waals surface area contributed by atoms with E-state index < -0.39 is 26.8 Å². The fourth-order valence-corrected chi connectivity index (χ4v) is 8.24. The van der Waals surface area contributed by atoms with Gasteiger partial charge in [-0.1, -0.05) is 0 Å². The highest BCUT2D eigenvalue weighted by atomic mass is 32.2. The maximum atomic E-state index is 14.4. The fraction of sp³-hybridized carbons (Fsp3) is 0.474. The second kappa shape index (κ2) is 16.3. The van der Waals surface area contributed by atoms with Crippen molar-refractivity contribution in [3.8, 4) is 0 Å². The third kappa shape index (κ3) is 8.92. The van der Waals surface area contributed by atoms with Crippen LogP contribution in [0.25, 0.3) is 22.1 Å². The molecule has 302 valence electrons. The Morgan fingerprint density at radius 1 is 0.804 bits per heavy atom. The number of nitro groups is 1. The van der Waals surface area contributed by atoms with E-state index in [1.54, 1.807) is 17.7 Å². The first-order chi connectivity index (χ1) is 26.5. The van der Waals surface area contributed by atoms with E-state index in [-0.39, 0.29) is 39.4 Å². The van der Waals surface area contributed by atoms with Crippen LogP contribution in [0.2, 0.25) is 0 Å². The molecule has 0 radical (unpaired) electrons. The Balaban J connectivity index is 0.000000208. The summed E-state index contributed by atoms with van der Waals surface area (Å²) in [5, 5.41) is 13.9. The molecule has 2 saturated heterocycles. The van der Waals surface area contributed by atoms with Gasteiger partial charge in [-0.25, -0.2) is 18.4 Å². The molecule has 1 N–H and O–H groups in total. The molecule has 2 fully saturated rings. The molecule has 2 aromatic heterocycles. The highest BCUT2D eigenvalue weighted by Gasteiger charge is 2.34. The Bertz CT molecular complexity index is 2280. The molecule has 13 nitrogen and oxygen atoms in total. The average Bonchev–Trinajstić information content (AvgIpc) is 3.73. The van der Waals surface area contributed by atoms with Gasteiger partial charge in [0.2, 0.25) is 0 Å². The molecule has 3 aromatic carbocycles. The number of sulfonamides is 1. The van der Waals surface area contributed by atoms with Crippen molar-refractivity contribution in [3.63, 3.8) is 0 Å². The number of nitrogens with zero attached hydrogens (tertiary/aromatic N) is 6. The first kappa shape index (κ1) is 40.8. The molecule has 7 rings (SSSR count). The second-order valence-electron chi connectivity index (χ2n) is 14.3. The number of non-ortho nitro benzene ring substituents is 1. The molecule has 0 unspecified atom stereocenters. The van der Waals surface area contributed by atoms with E-state index in [0.29, 0.717) is 56.5 Å². The van der Waals surface area contributed by atoms with Gasteiger partial charge in [0.05, 0.1) is 37.6 Å². The van der Waals surface area contributed by atoms with E-state index in [1.165, 1.54) is 23.7 Å². The zero-order valence-corrected chi connectivity index (χ0v) is 32.4. The Morgan fingerprint density at radius 2 is 1.27 bits per heavy atom. The number of hydrogen-bond donors (Lipinski definition) is 1. The summed E-state index contributed by atoms with van der Waals surface area (Å²) >= 11 is 0. The lowest BCUT2D eigenvalue weighted by atomic mass is 10.00. The quantitative estimate of drug-likeness (QED) is 0.0799. The minimum atomic E-state index is -4.04. The summed E-state index contributed by atoms with van der Waals surface area (Å²) in [6.45, 7) is 5.23. The summed E-state index contributed by atoms with van der Waals surface area (Å²) in [4.78, 5) is 18.5. The maximum Gasteiger partial charge on any atom is 0.302 e. The lowest BCUT2D eigenvalue weighted by Gasteiger charge is -2.24. The Morgan fingerprint density at radius 3 is 1.71 bits per heavy atom. The van der Waals surface area contributed by atoms with Crippen molar-refractivity contribution in [2.24, 2.45) is 11.8 Å². The van der Waals surface area contributed by atoms with Gasteiger partial charge in [0.25, 0.3) is 15.7 Å². The number of alkyl halides is 4. The summed E-state index contributed by atoms with van der Waals surface area (Å²) in [5.74, 6) is -6.12. The van der Waals surface area contributed by atoms with Gasteiger partial charge in [-0.15, -0.1) is 0 Å². The smallest absolute Gasteiger partial charge is 0.302 e. The number of benzene rings is 3. The predicted octanol–water partition coefficient (Wildman–Crippen LogP) is 7.92. The van der Waals surface area contributed by atoms with Crippen molar-refractivity contribution in [2.45, 2.75) is 69.4 Å². The van der Waals surface area contributed by atoms with Crippen LogP contribution in [0.15, 0.2) is 65.6 Å². The Labute approximate surface area is 321 Å². The van der Waals surface area contributed by atoms with Crippen LogP contribution in [0.1, 0.15) is 51.2 Å². The van der Waals surface area contributed by atoms with Gasteiger partial charge in [-0.05, 0) is 86.1 Å². The molecule has 2 aliphatic heterocycles. The molecular formula is C38H45F4N7O6S. The van der Waals surface area contributed by atoms with Gasteiger partial charge < -0.3 is 23.9 Å². The van der Waals surface area contributed by atoms with Crippen molar-refractivity contribution in [1.29, 1.82) is 0 Å². The maximum absolute atomic E-state index is 14.4. The SMILES string of the molecule is CN(c1ccc2c(c1)nc(C(C)(F)F)n2CC1CCOCC1)S(=O)(=O)c1ccc([N+](=O)[O-])cc1.CNc1ccc2c(c1)nc(C(C)(F)F)n2CC1CCOCC1. The third-order valence-corrected chi connectivity index (χ3v) is 12.0.